The van der Waals surface area contributed by atoms with Gasteiger partial charge < -0.3 is 5.53 Å². The van der Waals surface area contributed by atoms with Crippen LogP contribution in [0.2, 0.25) is 5.02 Å². The second-order valence-corrected chi connectivity index (χ2v) is 2.97. The Morgan fingerprint density at radius 2 is 2.31 bits per heavy atom. The van der Waals surface area contributed by atoms with E-state index in [1.54, 1.807) is 18.2 Å². The second-order valence-electron chi connectivity index (χ2n) is 2.57. The number of aldehydes is 1. The normalized spacial score (nSPS) is 9.08. The molecule has 1 rings (SSSR count). The van der Waals surface area contributed by atoms with E-state index in [-0.39, 0.29) is 5.71 Å². The summed E-state index contributed by atoms with van der Waals surface area (Å²) in [7, 11) is 0. The van der Waals surface area contributed by atoms with Gasteiger partial charge in [-0.3, -0.25) is 4.79 Å². The van der Waals surface area contributed by atoms with Gasteiger partial charge in [0, 0.05) is 5.02 Å². The summed E-state index contributed by atoms with van der Waals surface area (Å²) in [5.74, 6) is 0. The summed E-state index contributed by atoms with van der Waals surface area (Å²) in [6.07, 6.45) is 0.489. The fourth-order valence-electron chi connectivity index (χ4n) is 0.953. The minimum atomic E-state index is -0.000216. The van der Waals surface area contributed by atoms with Crippen LogP contribution in [0.5, 0.6) is 0 Å². The van der Waals surface area contributed by atoms with E-state index < -0.39 is 0 Å². The Morgan fingerprint density at radius 3 is 2.77 bits per heavy atom. The molecule has 0 saturated carbocycles. The van der Waals surface area contributed by atoms with Gasteiger partial charge in [0.2, 0.25) is 6.29 Å². The maximum atomic E-state index is 10.4. The molecule has 0 aliphatic rings. The number of carbonyl (C=O) groups excluding carboxylic acids is 1. The monoisotopic (exact) mass is 194 g/mol. The van der Waals surface area contributed by atoms with Gasteiger partial charge in [-0.05, 0) is 30.7 Å². The first-order valence-corrected chi connectivity index (χ1v) is 4.00. The number of nitrogens with zero attached hydrogens (tertiary/aromatic N) is 2. The standard InChI is InChI=1S/C9H7ClN2O/c1-6-4-7(2-3-8(6)10)9(5-13)12-11/h2-5H,1H3. The molecule has 0 aliphatic carbocycles. The number of benzene rings is 1. The lowest BCUT2D eigenvalue weighted by atomic mass is 10.1. The van der Waals surface area contributed by atoms with E-state index >= 15 is 0 Å². The molecular weight excluding hydrogens is 188 g/mol. The summed E-state index contributed by atoms with van der Waals surface area (Å²) in [5, 5.41) is 0.618. The first-order chi connectivity index (χ1) is 6.19. The van der Waals surface area contributed by atoms with Gasteiger partial charge in [0.1, 0.15) is 0 Å². The minimum absolute atomic E-state index is 0.000216. The summed E-state index contributed by atoms with van der Waals surface area (Å²) >= 11 is 5.78. The van der Waals surface area contributed by atoms with E-state index in [0.29, 0.717) is 16.9 Å². The molecule has 13 heavy (non-hydrogen) atoms. The van der Waals surface area contributed by atoms with Crippen LogP contribution in [-0.2, 0) is 4.79 Å². The van der Waals surface area contributed by atoms with Crippen LogP contribution in [0.3, 0.4) is 0 Å². The average molecular weight is 195 g/mol. The van der Waals surface area contributed by atoms with Gasteiger partial charge in [0.15, 0.2) is 0 Å². The third kappa shape index (κ3) is 2.02. The van der Waals surface area contributed by atoms with E-state index in [2.05, 4.69) is 4.79 Å². The molecule has 0 heterocycles. The van der Waals surface area contributed by atoms with E-state index in [9.17, 15) is 4.79 Å². The van der Waals surface area contributed by atoms with Gasteiger partial charge in [0.05, 0.1) is 5.56 Å². The summed E-state index contributed by atoms with van der Waals surface area (Å²) in [5.41, 5.74) is 9.85. The average Bonchev–Trinajstić information content (AvgIpc) is 2.13. The van der Waals surface area contributed by atoms with Crippen LogP contribution < -0.4 is 0 Å². The molecule has 3 nitrogen and oxygen atoms in total. The fraction of sp³-hybridized carbons (Fsp3) is 0.111. The SMILES string of the molecule is Cc1cc(C(C=O)=[N+]=[N-])ccc1Cl. The zero-order chi connectivity index (χ0) is 9.84. The predicted octanol–water partition coefficient (Wildman–Crippen LogP) is 1.87. The Balaban J connectivity index is 3.25. The number of hydrogen-bond acceptors (Lipinski definition) is 1. The molecule has 0 aliphatic heterocycles. The molecule has 1 aromatic rings. The number of carbonyl (C=O) groups is 1. The van der Waals surface area contributed by atoms with Crippen molar-refractivity contribution in [3.8, 4) is 0 Å². The van der Waals surface area contributed by atoms with Crippen molar-refractivity contribution in [3.05, 3.63) is 39.9 Å². The van der Waals surface area contributed by atoms with Crippen molar-refractivity contribution in [2.45, 2.75) is 6.92 Å². The Kier molecular flexibility index (Phi) is 2.96. The molecule has 0 unspecified atom stereocenters. The van der Waals surface area contributed by atoms with E-state index in [1.165, 1.54) is 0 Å². The number of aryl methyl sites for hydroxylation is 1. The molecule has 0 atom stereocenters. The molecule has 66 valence electrons. The number of rotatable bonds is 2. The third-order valence-electron chi connectivity index (χ3n) is 1.67. The highest BCUT2D eigenvalue weighted by Crippen LogP contribution is 2.15. The zero-order valence-corrected chi connectivity index (χ0v) is 7.75. The van der Waals surface area contributed by atoms with Crippen molar-refractivity contribution in [1.82, 2.24) is 0 Å². The Morgan fingerprint density at radius 1 is 1.62 bits per heavy atom. The highest BCUT2D eigenvalue weighted by Gasteiger charge is 2.10. The molecule has 0 bridgehead atoms. The van der Waals surface area contributed by atoms with Crippen molar-refractivity contribution in [1.29, 1.82) is 0 Å². The lowest BCUT2D eigenvalue weighted by molar-refractivity contribution is -0.106. The van der Waals surface area contributed by atoms with Crippen molar-refractivity contribution >= 4 is 23.6 Å². The molecule has 1 aromatic carbocycles. The third-order valence-corrected chi connectivity index (χ3v) is 2.10. The van der Waals surface area contributed by atoms with Crippen molar-refractivity contribution in [2.75, 3.05) is 0 Å². The van der Waals surface area contributed by atoms with E-state index in [4.69, 9.17) is 17.1 Å². The minimum Gasteiger partial charge on any atom is -0.361 e. The lowest BCUT2D eigenvalue weighted by Gasteiger charge is -1.96. The van der Waals surface area contributed by atoms with Crippen molar-refractivity contribution in [2.24, 2.45) is 0 Å². The van der Waals surface area contributed by atoms with Crippen LogP contribution in [-0.4, -0.2) is 16.8 Å². The Bertz CT molecular complexity index is 395. The van der Waals surface area contributed by atoms with Crippen LogP contribution in [0.25, 0.3) is 5.53 Å². The van der Waals surface area contributed by atoms with Gasteiger partial charge in [-0.2, -0.15) is 4.79 Å². The molecule has 0 fully saturated rings. The molecule has 0 N–H and O–H groups in total. The van der Waals surface area contributed by atoms with Gasteiger partial charge in [-0.25, -0.2) is 0 Å². The maximum absolute atomic E-state index is 10.4. The Labute approximate surface area is 80.6 Å². The zero-order valence-electron chi connectivity index (χ0n) is 6.99. The van der Waals surface area contributed by atoms with Crippen LogP contribution in [0.4, 0.5) is 0 Å². The highest BCUT2D eigenvalue weighted by atomic mass is 35.5. The summed E-state index contributed by atoms with van der Waals surface area (Å²) < 4.78 is 0. The van der Waals surface area contributed by atoms with Gasteiger partial charge >= 0.3 is 5.71 Å². The van der Waals surface area contributed by atoms with Crippen LogP contribution in [0, 0.1) is 6.92 Å². The summed E-state index contributed by atoms with van der Waals surface area (Å²) in [6, 6.07) is 4.96. The summed E-state index contributed by atoms with van der Waals surface area (Å²) in [4.78, 5) is 13.3. The molecule has 0 amide bonds. The summed E-state index contributed by atoms with van der Waals surface area (Å²) in [6.45, 7) is 1.81. The smallest absolute Gasteiger partial charge is 0.361 e. The predicted molar refractivity (Wildman–Crippen MR) is 50.0 cm³/mol. The van der Waals surface area contributed by atoms with E-state index in [0.717, 1.165) is 5.56 Å². The molecule has 0 radical (unpaired) electrons. The van der Waals surface area contributed by atoms with Crippen molar-refractivity contribution in [3.63, 3.8) is 0 Å². The maximum Gasteiger partial charge on any atom is 0.361 e. The topological polar surface area (TPSA) is 53.5 Å². The first kappa shape index (κ1) is 9.65. The number of hydrogen-bond donors (Lipinski definition) is 0. The Hall–Kier alpha value is -1.44. The molecule has 4 heteroatoms. The largest absolute Gasteiger partial charge is 0.361 e. The van der Waals surface area contributed by atoms with Crippen LogP contribution in [0.1, 0.15) is 11.1 Å². The van der Waals surface area contributed by atoms with Gasteiger partial charge in [0.25, 0.3) is 0 Å². The molecule has 0 aromatic heterocycles. The fourth-order valence-corrected chi connectivity index (χ4v) is 1.07. The van der Waals surface area contributed by atoms with E-state index in [1.807, 2.05) is 6.92 Å². The van der Waals surface area contributed by atoms with Gasteiger partial charge in [-0.15, -0.1) is 0 Å². The second kappa shape index (κ2) is 3.99. The first-order valence-electron chi connectivity index (χ1n) is 3.63. The highest BCUT2D eigenvalue weighted by molar-refractivity contribution is 6.34. The van der Waals surface area contributed by atoms with Crippen molar-refractivity contribution < 1.29 is 9.58 Å². The molecule has 0 saturated heterocycles. The number of halogens is 1. The lowest BCUT2D eigenvalue weighted by Crippen LogP contribution is -2.03. The quantitative estimate of drug-likeness (QED) is 0.307. The molecule has 0 spiro atoms. The van der Waals surface area contributed by atoms with Crippen LogP contribution >= 0.6 is 11.6 Å². The van der Waals surface area contributed by atoms with Gasteiger partial charge in [-0.1, -0.05) is 11.6 Å². The molecular formula is C9H7ClN2O. The van der Waals surface area contributed by atoms with Crippen LogP contribution in [0.15, 0.2) is 18.2 Å².